The van der Waals surface area contributed by atoms with Crippen molar-refractivity contribution in [1.82, 2.24) is 0 Å². The molecule has 0 bridgehead atoms. The Balaban J connectivity index is 1.99. The van der Waals surface area contributed by atoms with Crippen molar-refractivity contribution in [2.24, 2.45) is 0 Å². The molecule has 0 aliphatic rings. The molecule has 132 valence electrons. The van der Waals surface area contributed by atoms with Crippen LogP contribution in [0.25, 0.3) is 0 Å². The standard InChI is InChI=1S/C17H17NO6S/c1-23-13-9-7-12(8-10-13)18-16(19)11-24-17(20)14-5-3-4-6-15(14)25(2,21)22/h3-10H,11H2,1-2H3,(H,18,19). The number of nitrogens with one attached hydrogen (secondary N) is 1. The highest BCUT2D eigenvalue weighted by Crippen LogP contribution is 2.17. The third kappa shape index (κ3) is 5.05. The van der Waals surface area contributed by atoms with Gasteiger partial charge in [0.05, 0.1) is 17.6 Å². The van der Waals surface area contributed by atoms with Gasteiger partial charge in [-0.05, 0) is 36.4 Å². The lowest BCUT2D eigenvalue weighted by atomic mass is 10.2. The number of rotatable bonds is 6. The number of esters is 1. The van der Waals surface area contributed by atoms with Crippen LogP contribution >= 0.6 is 0 Å². The molecule has 0 fully saturated rings. The quantitative estimate of drug-likeness (QED) is 0.787. The van der Waals surface area contributed by atoms with Gasteiger partial charge in [0.2, 0.25) is 0 Å². The minimum Gasteiger partial charge on any atom is -0.497 e. The van der Waals surface area contributed by atoms with Crippen LogP contribution in [0.3, 0.4) is 0 Å². The number of anilines is 1. The first-order valence-corrected chi connectivity index (χ1v) is 9.10. The minimum atomic E-state index is -3.59. The Bertz CT molecular complexity index is 874. The zero-order chi connectivity index (χ0) is 18.4. The van der Waals surface area contributed by atoms with Gasteiger partial charge in [0.15, 0.2) is 16.4 Å². The van der Waals surface area contributed by atoms with Crippen LogP contribution in [0, 0.1) is 0 Å². The van der Waals surface area contributed by atoms with E-state index in [9.17, 15) is 18.0 Å². The van der Waals surface area contributed by atoms with Crippen molar-refractivity contribution in [3.63, 3.8) is 0 Å². The van der Waals surface area contributed by atoms with Gasteiger partial charge in [-0.3, -0.25) is 4.79 Å². The third-order valence-electron chi connectivity index (χ3n) is 3.21. The summed E-state index contributed by atoms with van der Waals surface area (Å²) in [4.78, 5) is 23.8. The molecular formula is C17H17NO6S. The molecule has 0 atom stereocenters. The smallest absolute Gasteiger partial charge is 0.339 e. The molecule has 1 N–H and O–H groups in total. The number of carbonyl (C=O) groups excluding carboxylic acids is 2. The molecule has 0 saturated heterocycles. The number of ether oxygens (including phenoxy) is 2. The summed E-state index contributed by atoms with van der Waals surface area (Å²) in [7, 11) is -2.06. The van der Waals surface area contributed by atoms with Crippen LogP contribution in [0.5, 0.6) is 5.75 Å². The summed E-state index contributed by atoms with van der Waals surface area (Å²) in [6, 6.07) is 12.3. The van der Waals surface area contributed by atoms with E-state index in [0.717, 1.165) is 6.26 Å². The lowest BCUT2D eigenvalue weighted by molar-refractivity contribution is -0.119. The van der Waals surface area contributed by atoms with Crippen LogP contribution in [0.2, 0.25) is 0 Å². The maximum Gasteiger partial charge on any atom is 0.339 e. The number of hydrogen-bond donors (Lipinski definition) is 1. The maximum atomic E-state index is 12.1. The van der Waals surface area contributed by atoms with Gasteiger partial charge in [0.25, 0.3) is 5.91 Å². The van der Waals surface area contributed by atoms with Crippen molar-refractivity contribution in [2.45, 2.75) is 4.90 Å². The fourth-order valence-corrected chi connectivity index (χ4v) is 2.92. The summed E-state index contributed by atoms with van der Waals surface area (Å²) < 4.78 is 33.3. The second kappa shape index (κ2) is 7.80. The summed E-state index contributed by atoms with van der Waals surface area (Å²) in [5.41, 5.74) is 0.403. The second-order valence-electron chi connectivity index (χ2n) is 5.12. The molecule has 2 aromatic rings. The zero-order valence-electron chi connectivity index (χ0n) is 13.7. The summed E-state index contributed by atoms with van der Waals surface area (Å²) >= 11 is 0. The van der Waals surface area contributed by atoms with Crippen molar-refractivity contribution in [1.29, 1.82) is 0 Å². The van der Waals surface area contributed by atoms with E-state index in [4.69, 9.17) is 9.47 Å². The molecule has 0 heterocycles. The molecule has 8 heteroatoms. The predicted octanol–water partition coefficient (Wildman–Crippen LogP) is 1.89. The molecule has 2 rings (SSSR count). The van der Waals surface area contributed by atoms with Crippen molar-refractivity contribution in [3.05, 3.63) is 54.1 Å². The molecule has 0 spiro atoms. The van der Waals surface area contributed by atoms with Gasteiger partial charge in [0.1, 0.15) is 5.75 Å². The van der Waals surface area contributed by atoms with Crippen molar-refractivity contribution < 1.29 is 27.5 Å². The Hall–Kier alpha value is -2.87. The molecule has 7 nitrogen and oxygen atoms in total. The highest BCUT2D eigenvalue weighted by molar-refractivity contribution is 7.90. The number of amides is 1. The van der Waals surface area contributed by atoms with E-state index >= 15 is 0 Å². The summed E-state index contributed by atoms with van der Waals surface area (Å²) in [6.07, 6.45) is 0.996. The topological polar surface area (TPSA) is 98.8 Å². The van der Waals surface area contributed by atoms with E-state index in [0.29, 0.717) is 11.4 Å². The van der Waals surface area contributed by atoms with E-state index < -0.39 is 28.3 Å². The first-order valence-electron chi connectivity index (χ1n) is 7.21. The van der Waals surface area contributed by atoms with Crippen molar-refractivity contribution >= 4 is 27.4 Å². The van der Waals surface area contributed by atoms with Gasteiger partial charge in [-0.2, -0.15) is 0 Å². The number of sulfone groups is 1. The first kappa shape index (κ1) is 18.5. The summed E-state index contributed by atoms with van der Waals surface area (Å²) in [5.74, 6) is -0.789. The average Bonchev–Trinajstić information content (AvgIpc) is 2.59. The Morgan fingerprint density at radius 1 is 1.04 bits per heavy atom. The lowest BCUT2D eigenvalue weighted by Gasteiger charge is -2.09. The largest absolute Gasteiger partial charge is 0.497 e. The molecule has 0 aliphatic heterocycles. The monoisotopic (exact) mass is 363 g/mol. The summed E-state index contributed by atoms with van der Waals surface area (Å²) in [5, 5.41) is 2.55. The molecule has 25 heavy (non-hydrogen) atoms. The Morgan fingerprint density at radius 2 is 1.68 bits per heavy atom. The molecule has 0 radical (unpaired) electrons. The second-order valence-corrected chi connectivity index (χ2v) is 7.11. The third-order valence-corrected chi connectivity index (χ3v) is 4.37. The molecular weight excluding hydrogens is 346 g/mol. The minimum absolute atomic E-state index is 0.109. The molecule has 1 amide bonds. The van der Waals surface area contributed by atoms with Gasteiger partial charge < -0.3 is 14.8 Å². The predicted molar refractivity (Wildman–Crippen MR) is 91.5 cm³/mol. The highest BCUT2D eigenvalue weighted by atomic mass is 32.2. The fourth-order valence-electron chi connectivity index (χ4n) is 2.04. The molecule has 0 aromatic heterocycles. The fraction of sp³-hybridized carbons (Fsp3) is 0.176. The number of carbonyl (C=O) groups is 2. The molecule has 0 aliphatic carbocycles. The number of benzene rings is 2. The molecule has 0 unspecified atom stereocenters. The Labute approximate surface area is 145 Å². The number of hydrogen-bond acceptors (Lipinski definition) is 6. The Kier molecular flexibility index (Phi) is 5.76. The van der Waals surface area contributed by atoms with Crippen LogP contribution in [0.15, 0.2) is 53.4 Å². The summed E-state index contributed by atoms with van der Waals surface area (Å²) in [6.45, 7) is -0.539. The van der Waals surface area contributed by atoms with Gasteiger partial charge in [-0.25, -0.2) is 13.2 Å². The van der Waals surface area contributed by atoms with E-state index in [2.05, 4.69) is 5.32 Å². The SMILES string of the molecule is COc1ccc(NC(=O)COC(=O)c2ccccc2S(C)(=O)=O)cc1. The van der Waals surface area contributed by atoms with E-state index in [-0.39, 0.29) is 10.5 Å². The highest BCUT2D eigenvalue weighted by Gasteiger charge is 2.20. The van der Waals surface area contributed by atoms with Crippen LogP contribution in [-0.2, 0) is 19.4 Å². The lowest BCUT2D eigenvalue weighted by Crippen LogP contribution is -2.21. The van der Waals surface area contributed by atoms with Gasteiger partial charge in [0, 0.05) is 11.9 Å². The first-order chi connectivity index (χ1) is 11.8. The van der Waals surface area contributed by atoms with Crippen LogP contribution in [0.1, 0.15) is 10.4 Å². The van der Waals surface area contributed by atoms with Gasteiger partial charge >= 0.3 is 5.97 Å². The van der Waals surface area contributed by atoms with Crippen LogP contribution in [-0.4, -0.2) is 40.3 Å². The van der Waals surface area contributed by atoms with E-state index in [1.807, 2.05) is 0 Å². The van der Waals surface area contributed by atoms with E-state index in [1.54, 1.807) is 24.3 Å². The van der Waals surface area contributed by atoms with Crippen molar-refractivity contribution in [3.8, 4) is 5.75 Å². The van der Waals surface area contributed by atoms with Crippen LogP contribution in [0.4, 0.5) is 5.69 Å². The van der Waals surface area contributed by atoms with Gasteiger partial charge in [-0.15, -0.1) is 0 Å². The Morgan fingerprint density at radius 3 is 2.28 bits per heavy atom. The molecule has 2 aromatic carbocycles. The van der Waals surface area contributed by atoms with Crippen LogP contribution < -0.4 is 10.1 Å². The van der Waals surface area contributed by atoms with Gasteiger partial charge in [-0.1, -0.05) is 12.1 Å². The molecule has 0 saturated carbocycles. The van der Waals surface area contributed by atoms with E-state index in [1.165, 1.54) is 31.4 Å². The average molecular weight is 363 g/mol. The van der Waals surface area contributed by atoms with Crippen molar-refractivity contribution in [2.75, 3.05) is 25.3 Å². The zero-order valence-corrected chi connectivity index (χ0v) is 14.5. The normalized spacial score (nSPS) is 10.8. The maximum absolute atomic E-state index is 12.1. The number of methoxy groups -OCH3 is 1.